The van der Waals surface area contributed by atoms with Crippen molar-refractivity contribution in [3.05, 3.63) is 46.9 Å². The molecule has 0 bridgehead atoms. The van der Waals surface area contributed by atoms with Gasteiger partial charge in [0.05, 0.1) is 12.2 Å². The van der Waals surface area contributed by atoms with Crippen LogP contribution in [0.5, 0.6) is 0 Å². The predicted octanol–water partition coefficient (Wildman–Crippen LogP) is 3.75. The second-order valence-electron chi connectivity index (χ2n) is 6.39. The fourth-order valence-corrected chi connectivity index (χ4v) is 3.51. The lowest BCUT2D eigenvalue weighted by Gasteiger charge is -2.11. The fraction of sp³-hybridized carbons (Fsp3) is 0.368. The van der Waals surface area contributed by atoms with Crippen molar-refractivity contribution in [3.8, 4) is 0 Å². The normalized spacial score (nSPS) is 11.4. The van der Waals surface area contributed by atoms with E-state index in [-0.39, 0.29) is 29.8 Å². The number of aromatic nitrogens is 2. The largest absolute Gasteiger partial charge is 0.361 e. The van der Waals surface area contributed by atoms with E-state index in [9.17, 15) is 4.39 Å². The van der Waals surface area contributed by atoms with Crippen LogP contribution in [0.4, 0.5) is 9.52 Å². The molecule has 6 nitrogen and oxygen atoms in total. The zero-order valence-corrected chi connectivity index (χ0v) is 19.4. The lowest BCUT2D eigenvalue weighted by Crippen LogP contribution is -2.38. The molecule has 2 aromatic heterocycles. The summed E-state index contributed by atoms with van der Waals surface area (Å²) in [6, 6.07) is 4.84. The standard InChI is InChI=1S/C19H25FN6S.HI/c1-4-21-18(24-11-15-12-27-19(25-15)26(2)3)22-8-7-13-10-23-17-9-14(20)5-6-16(13)17;/h5-6,9-10,12,23H,4,7-8,11H2,1-3H3,(H2,21,22,24);1H. The number of thiazole rings is 1. The molecule has 3 rings (SSSR count). The van der Waals surface area contributed by atoms with Crippen LogP contribution in [-0.4, -0.2) is 43.1 Å². The van der Waals surface area contributed by atoms with Gasteiger partial charge in [-0.15, -0.1) is 35.3 Å². The Kier molecular flexibility index (Phi) is 8.49. The average molecular weight is 516 g/mol. The van der Waals surface area contributed by atoms with E-state index >= 15 is 0 Å². The van der Waals surface area contributed by atoms with E-state index in [0.717, 1.165) is 52.8 Å². The van der Waals surface area contributed by atoms with Crippen LogP contribution in [0.2, 0.25) is 0 Å². The number of anilines is 1. The number of benzene rings is 1. The minimum Gasteiger partial charge on any atom is -0.361 e. The van der Waals surface area contributed by atoms with Gasteiger partial charge >= 0.3 is 0 Å². The zero-order chi connectivity index (χ0) is 19.2. The molecule has 0 spiro atoms. The molecule has 0 unspecified atom stereocenters. The molecule has 0 aliphatic carbocycles. The molecule has 28 heavy (non-hydrogen) atoms. The Balaban J connectivity index is 0.00000280. The smallest absolute Gasteiger partial charge is 0.191 e. The van der Waals surface area contributed by atoms with E-state index in [1.165, 1.54) is 12.1 Å². The van der Waals surface area contributed by atoms with Crippen LogP contribution in [-0.2, 0) is 13.0 Å². The van der Waals surface area contributed by atoms with Crippen LogP contribution in [0.15, 0.2) is 34.8 Å². The Morgan fingerprint density at radius 3 is 2.86 bits per heavy atom. The Hall–Kier alpha value is -1.88. The molecule has 0 amide bonds. The van der Waals surface area contributed by atoms with Crippen LogP contribution < -0.4 is 15.5 Å². The minimum atomic E-state index is -0.227. The molecule has 1 aromatic carbocycles. The van der Waals surface area contributed by atoms with Crippen molar-refractivity contribution in [1.29, 1.82) is 0 Å². The SMILES string of the molecule is CCNC(=NCc1csc(N(C)C)n1)NCCc1c[nH]c2cc(F)ccc12.I. The minimum absolute atomic E-state index is 0. The van der Waals surface area contributed by atoms with Gasteiger partial charge in [-0.25, -0.2) is 14.4 Å². The number of aromatic amines is 1. The molecule has 2 heterocycles. The van der Waals surface area contributed by atoms with Gasteiger partial charge in [-0.1, -0.05) is 0 Å². The number of nitrogens with one attached hydrogen (secondary N) is 3. The molecule has 0 aliphatic heterocycles. The summed E-state index contributed by atoms with van der Waals surface area (Å²) in [5.74, 6) is 0.540. The van der Waals surface area contributed by atoms with Crippen LogP contribution >= 0.6 is 35.3 Å². The predicted molar refractivity (Wildman–Crippen MR) is 127 cm³/mol. The van der Waals surface area contributed by atoms with Gasteiger partial charge in [-0.05, 0) is 37.1 Å². The number of fused-ring (bicyclic) bond motifs is 1. The number of H-pyrrole nitrogens is 1. The topological polar surface area (TPSA) is 68.3 Å². The summed E-state index contributed by atoms with van der Waals surface area (Å²) in [5.41, 5.74) is 2.94. The first kappa shape index (κ1) is 22.4. The second-order valence-corrected chi connectivity index (χ2v) is 7.23. The summed E-state index contributed by atoms with van der Waals surface area (Å²) in [4.78, 5) is 14.3. The summed E-state index contributed by atoms with van der Waals surface area (Å²) in [5, 5.41) is 10.7. The first-order chi connectivity index (χ1) is 13.1. The highest BCUT2D eigenvalue weighted by Gasteiger charge is 2.06. The highest BCUT2D eigenvalue weighted by molar-refractivity contribution is 14.0. The van der Waals surface area contributed by atoms with Gasteiger partial charge in [0.15, 0.2) is 11.1 Å². The number of hydrogen-bond donors (Lipinski definition) is 3. The number of rotatable bonds is 7. The van der Waals surface area contributed by atoms with Crippen LogP contribution in [0.1, 0.15) is 18.2 Å². The van der Waals surface area contributed by atoms with E-state index in [1.807, 2.05) is 43.6 Å². The van der Waals surface area contributed by atoms with Gasteiger partial charge in [-0.3, -0.25) is 0 Å². The highest BCUT2D eigenvalue weighted by Crippen LogP contribution is 2.20. The average Bonchev–Trinajstić information content (AvgIpc) is 3.26. The first-order valence-corrected chi connectivity index (χ1v) is 9.84. The molecule has 0 fully saturated rings. The molecule has 0 saturated heterocycles. The van der Waals surface area contributed by atoms with Crippen molar-refractivity contribution in [2.45, 2.75) is 19.9 Å². The van der Waals surface area contributed by atoms with Crippen molar-refractivity contribution in [2.75, 3.05) is 32.1 Å². The number of halogens is 2. The monoisotopic (exact) mass is 516 g/mol. The molecule has 3 aromatic rings. The van der Waals surface area contributed by atoms with E-state index in [2.05, 4.69) is 25.6 Å². The first-order valence-electron chi connectivity index (χ1n) is 8.96. The molecule has 9 heteroatoms. The lowest BCUT2D eigenvalue weighted by atomic mass is 10.1. The number of hydrogen-bond acceptors (Lipinski definition) is 4. The van der Waals surface area contributed by atoms with Gasteiger partial charge in [-0.2, -0.15) is 0 Å². The Morgan fingerprint density at radius 2 is 2.14 bits per heavy atom. The van der Waals surface area contributed by atoms with Crippen molar-refractivity contribution in [2.24, 2.45) is 4.99 Å². The summed E-state index contributed by atoms with van der Waals surface area (Å²) in [6.45, 7) is 4.10. The van der Waals surface area contributed by atoms with Crippen molar-refractivity contribution in [1.82, 2.24) is 20.6 Å². The third-order valence-electron chi connectivity index (χ3n) is 4.08. The van der Waals surface area contributed by atoms with Gasteiger partial charge in [0.1, 0.15) is 5.82 Å². The summed E-state index contributed by atoms with van der Waals surface area (Å²) in [6.07, 6.45) is 2.76. The van der Waals surface area contributed by atoms with Crippen molar-refractivity contribution < 1.29 is 4.39 Å². The Morgan fingerprint density at radius 1 is 1.32 bits per heavy atom. The quantitative estimate of drug-likeness (QED) is 0.254. The lowest BCUT2D eigenvalue weighted by molar-refractivity contribution is 0.629. The van der Waals surface area contributed by atoms with E-state index in [0.29, 0.717) is 6.54 Å². The van der Waals surface area contributed by atoms with Crippen LogP contribution in [0.3, 0.4) is 0 Å². The van der Waals surface area contributed by atoms with Gasteiger partial charge in [0, 0.05) is 49.7 Å². The fourth-order valence-electron chi connectivity index (χ4n) is 2.76. The summed E-state index contributed by atoms with van der Waals surface area (Å²) in [7, 11) is 3.97. The zero-order valence-electron chi connectivity index (χ0n) is 16.3. The van der Waals surface area contributed by atoms with E-state index < -0.39 is 0 Å². The van der Waals surface area contributed by atoms with Crippen molar-refractivity contribution >= 4 is 57.3 Å². The molecule has 0 radical (unpaired) electrons. The molecule has 152 valence electrons. The maximum absolute atomic E-state index is 13.3. The Bertz CT molecular complexity index is 920. The van der Waals surface area contributed by atoms with E-state index in [1.54, 1.807) is 11.3 Å². The maximum atomic E-state index is 13.3. The molecule has 0 saturated carbocycles. The molecular formula is C19H26FIN6S. The second kappa shape index (κ2) is 10.6. The molecule has 0 aliphatic rings. The maximum Gasteiger partial charge on any atom is 0.191 e. The summed E-state index contributed by atoms with van der Waals surface area (Å²) < 4.78 is 13.3. The molecule has 0 atom stereocenters. The third kappa shape index (κ3) is 5.81. The van der Waals surface area contributed by atoms with Gasteiger partial charge in [0.2, 0.25) is 0 Å². The number of aliphatic imine (C=N–C) groups is 1. The highest BCUT2D eigenvalue weighted by atomic mass is 127. The number of guanidine groups is 1. The van der Waals surface area contributed by atoms with E-state index in [4.69, 9.17) is 0 Å². The molecular weight excluding hydrogens is 490 g/mol. The van der Waals surface area contributed by atoms with Crippen molar-refractivity contribution in [3.63, 3.8) is 0 Å². The van der Waals surface area contributed by atoms with Crippen LogP contribution in [0, 0.1) is 5.82 Å². The summed E-state index contributed by atoms with van der Waals surface area (Å²) >= 11 is 1.62. The third-order valence-corrected chi connectivity index (χ3v) is 5.14. The molecule has 3 N–H and O–H groups in total. The van der Waals surface area contributed by atoms with Gasteiger partial charge < -0.3 is 20.5 Å². The Labute approximate surface area is 185 Å². The van der Waals surface area contributed by atoms with Gasteiger partial charge in [0.25, 0.3) is 0 Å². The van der Waals surface area contributed by atoms with Crippen LogP contribution in [0.25, 0.3) is 10.9 Å². The number of nitrogens with zero attached hydrogens (tertiary/aromatic N) is 3.